The van der Waals surface area contributed by atoms with Crippen molar-refractivity contribution >= 4 is 11.9 Å². The number of carbonyl (C=O) groups is 2. The number of nitrogens with zero attached hydrogens (tertiary/aromatic N) is 4. The topological polar surface area (TPSA) is 77.9 Å². The van der Waals surface area contributed by atoms with E-state index in [-0.39, 0.29) is 34.9 Å². The fourth-order valence-electron chi connectivity index (χ4n) is 5.14. The number of likely N-dealkylation sites (N-methyl/N-ethyl adjacent to an activating group) is 1. The molecule has 3 aliphatic heterocycles. The molecule has 4 heterocycles. The molecule has 8 heteroatoms. The molecule has 0 aromatic carbocycles. The lowest BCUT2D eigenvalue weighted by Gasteiger charge is -2.42. The molecule has 164 valence electrons. The van der Waals surface area contributed by atoms with Crippen LogP contribution in [0.3, 0.4) is 0 Å². The largest absolute Gasteiger partial charge is 0.338 e. The Morgan fingerprint density at radius 2 is 1.93 bits per heavy atom. The Morgan fingerprint density at radius 1 is 1.13 bits per heavy atom. The highest BCUT2D eigenvalue weighted by molar-refractivity contribution is 5.94. The van der Waals surface area contributed by atoms with Gasteiger partial charge in [-0.1, -0.05) is 6.92 Å². The summed E-state index contributed by atoms with van der Waals surface area (Å²) < 4.78 is 1.80. The van der Waals surface area contributed by atoms with Gasteiger partial charge in [-0.25, -0.2) is 4.79 Å². The van der Waals surface area contributed by atoms with Gasteiger partial charge in [0.1, 0.15) is 5.56 Å². The summed E-state index contributed by atoms with van der Waals surface area (Å²) in [7, 11) is 4.05. The van der Waals surface area contributed by atoms with Gasteiger partial charge in [-0.3, -0.25) is 9.59 Å². The molecule has 2 bridgehead atoms. The molecular formula is C22H33N5O3. The van der Waals surface area contributed by atoms with Crippen LogP contribution in [0.4, 0.5) is 4.79 Å². The number of rotatable bonds is 4. The molecule has 8 nitrogen and oxygen atoms in total. The van der Waals surface area contributed by atoms with Crippen LogP contribution in [-0.2, 0) is 6.54 Å². The van der Waals surface area contributed by atoms with Crippen molar-refractivity contribution in [3.63, 3.8) is 0 Å². The summed E-state index contributed by atoms with van der Waals surface area (Å²) >= 11 is 0. The Morgan fingerprint density at radius 3 is 2.63 bits per heavy atom. The average Bonchev–Trinajstić information content (AvgIpc) is 3.23. The molecule has 0 saturated carbocycles. The maximum Gasteiger partial charge on any atom is 0.317 e. The summed E-state index contributed by atoms with van der Waals surface area (Å²) in [6.07, 6.45) is 2.83. The maximum absolute atomic E-state index is 13.2. The first kappa shape index (κ1) is 20.9. The number of aromatic nitrogens is 1. The predicted octanol–water partition coefficient (Wildman–Crippen LogP) is 1.16. The van der Waals surface area contributed by atoms with E-state index >= 15 is 0 Å². The van der Waals surface area contributed by atoms with Gasteiger partial charge >= 0.3 is 6.03 Å². The Bertz CT molecular complexity index is 880. The molecule has 3 aliphatic rings. The zero-order chi connectivity index (χ0) is 21.4. The molecule has 0 radical (unpaired) electrons. The number of piperidine rings is 1. The SMILES string of the molecule is CCCNC(=O)N1C[C@@H]2C[C@H](C1)c1ccc(C(=O)N3CC[C@H](N(C)C)C3)c(=O)n1C2. The van der Waals surface area contributed by atoms with Crippen LogP contribution in [0.25, 0.3) is 0 Å². The first-order chi connectivity index (χ1) is 14.4. The molecule has 0 spiro atoms. The number of hydrogen-bond donors (Lipinski definition) is 1. The third kappa shape index (κ3) is 3.85. The fourth-order valence-corrected chi connectivity index (χ4v) is 5.14. The van der Waals surface area contributed by atoms with Crippen molar-refractivity contribution in [1.82, 2.24) is 24.6 Å². The maximum atomic E-state index is 13.2. The second kappa shape index (κ2) is 8.41. The molecule has 4 rings (SSSR count). The monoisotopic (exact) mass is 415 g/mol. The standard InChI is InChI=1S/C22H33N5O3/c1-4-8-23-22(30)26-11-15-10-16(13-26)19-6-5-18(21(29)27(19)12-15)20(28)25-9-7-17(14-25)24(2)3/h5-6,15-17H,4,7-14H2,1-3H3,(H,23,30)/t15-,16+,17-/m0/s1. The summed E-state index contributed by atoms with van der Waals surface area (Å²) in [5.74, 6) is 0.235. The third-order valence-electron chi connectivity index (χ3n) is 6.83. The van der Waals surface area contributed by atoms with Gasteiger partial charge in [-0.05, 0) is 51.4 Å². The lowest BCUT2D eigenvalue weighted by atomic mass is 9.83. The quantitative estimate of drug-likeness (QED) is 0.801. The number of pyridine rings is 1. The first-order valence-corrected chi connectivity index (χ1v) is 11.1. The van der Waals surface area contributed by atoms with Gasteiger partial charge in [0.2, 0.25) is 0 Å². The number of carbonyl (C=O) groups excluding carboxylic acids is 2. The molecule has 2 saturated heterocycles. The van der Waals surface area contributed by atoms with Crippen molar-refractivity contribution in [2.75, 3.05) is 46.8 Å². The average molecular weight is 416 g/mol. The number of hydrogen-bond acceptors (Lipinski definition) is 4. The zero-order valence-electron chi connectivity index (χ0n) is 18.3. The number of nitrogens with one attached hydrogen (secondary N) is 1. The van der Waals surface area contributed by atoms with Crippen LogP contribution in [0.1, 0.15) is 48.2 Å². The number of urea groups is 1. The van der Waals surface area contributed by atoms with Gasteiger partial charge in [0.05, 0.1) is 0 Å². The fraction of sp³-hybridized carbons (Fsp3) is 0.682. The minimum Gasteiger partial charge on any atom is -0.338 e. The normalized spacial score (nSPS) is 25.4. The molecule has 0 aliphatic carbocycles. The van der Waals surface area contributed by atoms with Crippen molar-refractivity contribution in [2.24, 2.45) is 5.92 Å². The highest BCUT2D eigenvalue weighted by Gasteiger charge is 2.37. The Balaban J connectivity index is 1.53. The van der Waals surface area contributed by atoms with Crippen LogP contribution < -0.4 is 10.9 Å². The van der Waals surface area contributed by atoms with Crippen molar-refractivity contribution in [2.45, 2.75) is 44.7 Å². The summed E-state index contributed by atoms with van der Waals surface area (Å²) in [5, 5.41) is 2.96. The van der Waals surface area contributed by atoms with Gasteiger partial charge in [-0.15, -0.1) is 0 Å². The van der Waals surface area contributed by atoms with Crippen LogP contribution in [0.15, 0.2) is 16.9 Å². The van der Waals surface area contributed by atoms with Crippen molar-refractivity contribution < 1.29 is 9.59 Å². The van der Waals surface area contributed by atoms with E-state index in [0.717, 1.165) is 25.0 Å². The van der Waals surface area contributed by atoms with E-state index in [4.69, 9.17) is 0 Å². The molecular weight excluding hydrogens is 382 g/mol. The molecule has 3 atom stereocenters. The van der Waals surface area contributed by atoms with Crippen LogP contribution in [0, 0.1) is 5.92 Å². The van der Waals surface area contributed by atoms with E-state index < -0.39 is 0 Å². The van der Waals surface area contributed by atoms with Gasteiger partial charge < -0.3 is 24.6 Å². The molecule has 30 heavy (non-hydrogen) atoms. The summed E-state index contributed by atoms with van der Waals surface area (Å²) in [4.78, 5) is 44.5. The number of likely N-dealkylation sites (tertiary alicyclic amines) is 2. The van der Waals surface area contributed by atoms with E-state index in [1.807, 2.05) is 32.0 Å². The second-order valence-corrected chi connectivity index (χ2v) is 9.18. The first-order valence-electron chi connectivity index (χ1n) is 11.1. The molecule has 2 fully saturated rings. The van der Waals surface area contributed by atoms with E-state index in [9.17, 15) is 14.4 Å². The van der Waals surface area contributed by atoms with Crippen LogP contribution in [0.2, 0.25) is 0 Å². The van der Waals surface area contributed by atoms with E-state index in [1.54, 1.807) is 15.5 Å². The molecule has 3 amide bonds. The number of fused-ring (bicyclic) bond motifs is 4. The lowest BCUT2D eigenvalue weighted by molar-refractivity contribution is 0.0779. The minimum atomic E-state index is -0.176. The lowest BCUT2D eigenvalue weighted by Crippen LogP contribution is -2.52. The molecule has 1 aromatic heterocycles. The predicted molar refractivity (Wildman–Crippen MR) is 115 cm³/mol. The van der Waals surface area contributed by atoms with Crippen molar-refractivity contribution in [1.29, 1.82) is 0 Å². The third-order valence-corrected chi connectivity index (χ3v) is 6.83. The summed E-state index contributed by atoms with van der Waals surface area (Å²) in [6, 6.07) is 3.97. The van der Waals surface area contributed by atoms with E-state index in [1.165, 1.54) is 0 Å². The van der Waals surface area contributed by atoms with E-state index in [2.05, 4.69) is 10.2 Å². The molecule has 1 N–H and O–H groups in total. The van der Waals surface area contributed by atoms with Crippen LogP contribution in [-0.4, -0.2) is 84.1 Å². The highest BCUT2D eigenvalue weighted by atomic mass is 16.2. The summed E-state index contributed by atoms with van der Waals surface area (Å²) in [5.41, 5.74) is 1.05. The molecule has 1 aromatic rings. The smallest absolute Gasteiger partial charge is 0.317 e. The highest BCUT2D eigenvalue weighted by Crippen LogP contribution is 2.35. The molecule has 0 unspecified atom stereocenters. The van der Waals surface area contributed by atoms with Crippen LogP contribution in [0.5, 0.6) is 0 Å². The van der Waals surface area contributed by atoms with Gasteiger partial charge in [-0.2, -0.15) is 0 Å². The van der Waals surface area contributed by atoms with Gasteiger partial charge in [0.15, 0.2) is 0 Å². The van der Waals surface area contributed by atoms with E-state index in [0.29, 0.717) is 45.3 Å². The Labute approximate surface area is 177 Å². The van der Waals surface area contributed by atoms with Crippen molar-refractivity contribution in [3.05, 3.63) is 33.7 Å². The Kier molecular flexibility index (Phi) is 5.86. The van der Waals surface area contributed by atoms with Crippen molar-refractivity contribution in [3.8, 4) is 0 Å². The van der Waals surface area contributed by atoms with Gasteiger partial charge in [0, 0.05) is 56.9 Å². The number of amides is 3. The minimum absolute atomic E-state index is 0.0152. The zero-order valence-corrected chi connectivity index (χ0v) is 18.3. The van der Waals surface area contributed by atoms with Gasteiger partial charge in [0.25, 0.3) is 11.5 Å². The summed E-state index contributed by atoms with van der Waals surface area (Å²) in [6.45, 7) is 5.93. The second-order valence-electron chi connectivity index (χ2n) is 9.18. The van der Waals surface area contributed by atoms with Crippen LogP contribution >= 0.6 is 0 Å². The Hall–Kier alpha value is -2.35.